The Bertz CT molecular complexity index is 166. The van der Waals surface area contributed by atoms with Gasteiger partial charge in [-0.15, -0.1) is 0 Å². The summed E-state index contributed by atoms with van der Waals surface area (Å²) < 4.78 is 0. The summed E-state index contributed by atoms with van der Waals surface area (Å²) in [6, 6.07) is 0. The summed E-state index contributed by atoms with van der Waals surface area (Å²) in [4.78, 5) is 10.5. The molecule has 0 bridgehead atoms. The van der Waals surface area contributed by atoms with Crippen LogP contribution in [0.25, 0.3) is 0 Å². The third-order valence-electron chi connectivity index (χ3n) is 1.47. The number of nitrogens with two attached hydrogens (primary N) is 1. The third kappa shape index (κ3) is 4.87. The van der Waals surface area contributed by atoms with Crippen LogP contribution in [0.2, 0.25) is 0 Å². The van der Waals surface area contributed by atoms with Crippen LogP contribution in [0.5, 0.6) is 0 Å². The number of nitrogens with one attached hydrogen (secondary N) is 1. The molecule has 70 valence electrons. The smallest absolute Gasteiger partial charge is 0.331 e. The fourth-order valence-electron chi connectivity index (χ4n) is 0.782. The molecule has 0 aliphatic carbocycles. The van der Waals surface area contributed by atoms with E-state index in [1.165, 1.54) is 0 Å². The van der Waals surface area contributed by atoms with Gasteiger partial charge in [-0.2, -0.15) is 0 Å². The molecule has 0 saturated carbocycles. The number of hydrogen-bond donors (Lipinski definition) is 3. The average molecular weight is 172 g/mol. The Kier molecular flexibility index (Phi) is 6.32. The van der Waals surface area contributed by atoms with Gasteiger partial charge in [-0.1, -0.05) is 13.0 Å². The zero-order valence-corrected chi connectivity index (χ0v) is 7.34. The number of rotatable bonds is 6. The second-order valence-electron chi connectivity index (χ2n) is 2.38. The van der Waals surface area contributed by atoms with E-state index >= 15 is 0 Å². The molecule has 0 aliphatic rings. The molecule has 12 heavy (non-hydrogen) atoms. The minimum Gasteiger partial charge on any atom is -0.478 e. The highest BCUT2D eigenvalue weighted by molar-refractivity contribution is 5.86. The Morgan fingerprint density at radius 1 is 1.67 bits per heavy atom. The maximum Gasteiger partial charge on any atom is 0.331 e. The van der Waals surface area contributed by atoms with Crippen LogP contribution >= 0.6 is 0 Å². The quantitative estimate of drug-likeness (QED) is 0.388. The Morgan fingerprint density at radius 2 is 2.33 bits per heavy atom. The van der Waals surface area contributed by atoms with Crippen molar-refractivity contribution in [3.05, 3.63) is 11.6 Å². The highest BCUT2D eigenvalue weighted by Crippen LogP contribution is 1.98. The maximum atomic E-state index is 10.5. The zero-order chi connectivity index (χ0) is 9.40. The molecule has 0 heterocycles. The Hall–Kier alpha value is -0.870. The van der Waals surface area contributed by atoms with Crippen molar-refractivity contribution in [3.63, 3.8) is 0 Å². The monoisotopic (exact) mass is 172 g/mol. The topological polar surface area (TPSA) is 75.3 Å². The van der Waals surface area contributed by atoms with E-state index in [2.05, 4.69) is 5.32 Å². The van der Waals surface area contributed by atoms with Crippen LogP contribution in [0.4, 0.5) is 0 Å². The lowest BCUT2D eigenvalue weighted by Crippen LogP contribution is -2.22. The van der Waals surface area contributed by atoms with E-state index in [-0.39, 0.29) is 0 Å². The van der Waals surface area contributed by atoms with Crippen LogP contribution in [-0.4, -0.2) is 30.7 Å². The zero-order valence-electron chi connectivity index (χ0n) is 7.34. The first-order valence-electron chi connectivity index (χ1n) is 4.05. The van der Waals surface area contributed by atoms with E-state index in [1.807, 2.05) is 6.92 Å². The van der Waals surface area contributed by atoms with E-state index in [0.29, 0.717) is 31.6 Å². The number of carbonyl (C=O) groups is 1. The summed E-state index contributed by atoms with van der Waals surface area (Å²) >= 11 is 0. The SMILES string of the molecule is CCC(=CCNCCN)C(=O)O. The second-order valence-corrected chi connectivity index (χ2v) is 2.38. The molecule has 0 atom stereocenters. The normalized spacial score (nSPS) is 11.7. The third-order valence-corrected chi connectivity index (χ3v) is 1.47. The van der Waals surface area contributed by atoms with Gasteiger partial charge in [-0.25, -0.2) is 4.79 Å². The molecule has 0 saturated heterocycles. The van der Waals surface area contributed by atoms with Gasteiger partial charge in [0, 0.05) is 25.2 Å². The van der Waals surface area contributed by atoms with Crippen molar-refractivity contribution in [2.45, 2.75) is 13.3 Å². The highest BCUT2D eigenvalue weighted by atomic mass is 16.4. The maximum absolute atomic E-state index is 10.5. The molecule has 0 amide bonds. The fourth-order valence-corrected chi connectivity index (χ4v) is 0.782. The van der Waals surface area contributed by atoms with Gasteiger partial charge in [0.15, 0.2) is 0 Å². The summed E-state index contributed by atoms with van der Waals surface area (Å²) in [6.45, 7) is 3.69. The molecule has 0 aromatic rings. The van der Waals surface area contributed by atoms with Crippen molar-refractivity contribution in [1.29, 1.82) is 0 Å². The van der Waals surface area contributed by atoms with E-state index < -0.39 is 5.97 Å². The van der Waals surface area contributed by atoms with Gasteiger partial charge in [0.1, 0.15) is 0 Å². The summed E-state index contributed by atoms with van der Waals surface area (Å²) in [5, 5.41) is 11.6. The first kappa shape index (κ1) is 11.1. The van der Waals surface area contributed by atoms with Gasteiger partial charge in [-0.05, 0) is 6.42 Å². The van der Waals surface area contributed by atoms with Crippen molar-refractivity contribution in [1.82, 2.24) is 5.32 Å². The van der Waals surface area contributed by atoms with Gasteiger partial charge < -0.3 is 16.2 Å². The summed E-state index contributed by atoms with van der Waals surface area (Å²) in [7, 11) is 0. The molecular weight excluding hydrogens is 156 g/mol. The van der Waals surface area contributed by atoms with Gasteiger partial charge in [-0.3, -0.25) is 0 Å². The molecule has 0 unspecified atom stereocenters. The van der Waals surface area contributed by atoms with Crippen molar-refractivity contribution in [3.8, 4) is 0 Å². The van der Waals surface area contributed by atoms with Crippen LogP contribution in [0.1, 0.15) is 13.3 Å². The highest BCUT2D eigenvalue weighted by Gasteiger charge is 2.01. The Morgan fingerprint density at radius 3 is 2.75 bits per heavy atom. The first-order chi connectivity index (χ1) is 5.72. The largest absolute Gasteiger partial charge is 0.478 e. The molecule has 4 N–H and O–H groups in total. The van der Waals surface area contributed by atoms with Gasteiger partial charge in [0.05, 0.1) is 0 Å². The van der Waals surface area contributed by atoms with Crippen LogP contribution in [0.3, 0.4) is 0 Å². The summed E-state index contributed by atoms with van der Waals surface area (Å²) in [5.41, 5.74) is 5.68. The van der Waals surface area contributed by atoms with E-state index in [1.54, 1.807) is 6.08 Å². The summed E-state index contributed by atoms with van der Waals surface area (Å²) in [5.74, 6) is -0.841. The van der Waals surface area contributed by atoms with Crippen molar-refractivity contribution in [2.75, 3.05) is 19.6 Å². The van der Waals surface area contributed by atoms with Gasteiger partial charge in [0.25, 0.3) is 0 Å². The number of aliphatic carboxylic acids is 1. The molecule has 4 nitrogen and oxygen atoms in total. The fraction of sp³-hybridized carbons (Fsp3) is 0.625. The standard InChI is InChI=1S/C8H16N2O2/c1-2-7(8(11)12)3-5-10-6-4-9/h3,10H,2,4-6,9H2,1H3,(H,11,12). The van der Waals surface area contributed by atoms with Gasteiger partial charge in [0.2, 0.25) is 0 Å². The molecule has 0 aromatic heterocycles. The number of carboxylic acid groups (broad SMARTS) is 1. The molecule has 4 heteroatoms. The van der Waals surface area contributed by atoms with Gasteiger partial charge >= 0.3 is 5.97 Å². The van der Waals surface area contributed by atoms with Crippen LogP contribution in [0, 0.1) is 0 Å². The number of hydrogen-bond acceptors (Lipinski definition) is 3. The lowest BCUT2D eigenvalue weighted by atomic mass is 10.2. The lowest BCUT2D eigenvalue weighted by Gasteiger charge is -1.99. The molecule has 0 aliphatic heterocycles. The van der Waals surface area contributed by atoms with E-state index in [4.69, 9.17) is 10.8 Å². The minimum absolute atomic E-state index is 0.444. The van der Waals surface area contributed by atoms with E-state index in [9.17, 15) is 4.79 Å². The van der Waals surface area contributed by atoms with Crippen LogP contribution in [0.15, 0.2) is 11.6 Å². The minimum atomic E-state index is -0.841. The molecule has 0 spiro atoms. The van der Waals surface area contributed by atoms with Crippen molar-refractivity contribution >= 4 is 5.97 Å². The summed E-state index contributed by atoms with van der Waals surface area (Å²) in [6.07, 6.45) is 2.23. The van der Waals surface area contributed by atoms with Crippen molar-refractivity contribution in [2.24, 2.45) is 5.73 Å². The molecular formula is C8H16N2O2. The van der Waals surface area contributed by atoms with E-state index in [0.717, 1.165) is 0 Å². The predicted molar refractivity (Wildman–Crippen MR) is 47.9 cm³/mol. The Labute approximate surface area is 72.4 Å². The average Bonchev–Trinajstić information content (AvgIpc) is 2.04. The first-order valence-corrected chi connectivity index (χ1v) is 4.05. The molecule has 0 aromatic carbocycles. The molecule has 0 fully saturated rings. The van der Waals surface area contributed by atoms with Crippen molar-refractivity contribution < 1.29 is 9.90 Å². The number of carboxylic acids is 1. The molecule has 0 radical (unpaired) electrons. The second kappa shape index (κ2) is 6.82. The lowest BCUT2D eigenvalue weighted by molar-refractivity contribution is -0.132. The molecule has 0 rings (SSSR count). The van der Waals surface area contributed by atoms with Crippen LogP contribution < -0.4 is 11.1 Å². The van der Waals surface area contributed by atoms with Crippen LogP contribution in [-0.2, 0) is 4.79 Å². The Balaban J connectivity index is 3.71. The predicted octanol–water partition coefficient (Wildman–Crippen LogP) is -0.0443.